The fraction of sp³-hybridized carbons (Fsp3) is 0.0476. The van der Waals surface area contributed by atoms with Gasteiger partial charge in [0.25, 0.3) is 11.8 Å². The molecular weight excluding hydrogens is 394 g/mol. The molecule has 4 rings (SSSR count). The van der Waals surface area contributed by atoms with Crippen LogP contribution < -0.4 is 10.2 Å². The minimum absolute atomic E-state index is 0.205. The number of carbonyl (C=O) groups is 4. The van der Waals surface area contributed by atoms with Crippen LogP contribution in [0.4, 0.5) is 10.5 Å². The number of fused-ring (bicyclic) bond motifs is 1. The van der Waals surface area contributed by atoms with Crippen LogP contribution in [0.25, 0.3) is 17.0 Å². The van der Waals surface area contributed by atoms with Crippen molar-refractivity contribution < 1.29 is 19.2 Å². The van der Waals surface area contributed by atoms with Crippen LogP contribution in [-0.4, -0.2) is 28.3 Å². The zero-order valence-corrected chi connectivity index (χ0v) is 15.9. The van der Waals surface area contributed by atoms with Crippen LogP contribution >= 0.6 is 11.6 Å². The van der Waals surface area contributed by atoms with Crippen molar-refractivity contribution in [2.75, 3.05) is 4.90 Å². The topological polar surface area (TPSA) is 88.5 Å². The van der Waals surface area contributed by atoms with E-state index in [1.54, 1.807) is 30.5 Å². The van der Waals surface area contributed by atoms with Gasteiger partial charge < -0.3 is 0 Å². The fourth-order valence-electron chi connectivity index (χ4n) is 3.22. The highest BCUT2D eigenvalue weighted by molar-refractivity contribution is 6.39. The first-order valence-corrected chi connectivity index (χ1v) is 9.02. The van der Waals surface area contributed by atoms with Crippen molar-refractivity contribution in [1.82, 2.24) is 9.88 Å². The normalized spacial score (nSPS) is 15.9. The fourth-order valence-corrected chi connectivity index (χ4v) is 3.35. The molecule has 2 aromatic carbocycles. The molecule has 0 spiro atoms. The molecule has 0 atom stereocenters. The maximum Gasteiger partial charge on any atom is 0.335 e. The monoisotopic (exact) mass is 407 g/mol. The van der Waals surface area contributed by atoms with Gasteiger partial charge in [0.2, 0.25) is 5.91 Å². The van der Waals surface area contributed by atoms with E-state index in [9.17, 15) is 19.2 Å². The number of hydrogen-bond acceptors (Lipinski definition) is 4. The zero-order valence-electron chi connectivity index (χ0n) is 15.2. The van der Waals surface area contributed by atoms with Crippen molar-refractivity contribution in [3.05, 3.63) is 70.9 Å². The molecule has 1 aliphatic rings. The lowest BCUT2D eigenvalue weighted by atomic mass is 10.1. The average Bonchev–Trinajstić information content (AvgIpc) is 3.05. The summed E-state index contributed by atoms with van der Waals surface area (Å²) in [5, 5.41) is 3.32. The van der Waals surface area contributed by atoms with E-state index in [-0.39, 0.29) is 17.2 Å². The first-order chi connectivity index (χ1) is 13.9. The Morgan fingerprint density at radius 2 is 1.72 bits per heavy atom. The third-order valence-electron chi connectivity index (χ3n) is 4.57. The standard InChI is InChI=1S/C21H14ClN3O4/c1-12(26)24-11-13(16-4-2-3-5-18(16)24)10-17-19(27)23-21(29)25(20(17)28)15-8-6-14(22)7-9-15/h2-11H,1H3,(H,23,27,29). The molecule has 0 unspecified atom stereocenters. The van der Waals surface area contributed by atoms with Crippen molar-refractivity contribution in [2.45, 2.75) is 6.92 Å². The largest absolute Gasteiger partial charge is 0.335 e. The van der Waals surface area contributed by atoms with Crippen molar-refractivity contribution in [2.24, 2.45) is 0 Å². The van der Waals surface area contributed by atoms with E-state index in [1.807, 2.05) is 0 Å². The number of halogens is 1. The molecule has 7 nitrogen and oxygen atoms in total. The van der Waals surface area contributed by atoms with E-state index in [0.29, 0.717) is 21.5 Å². The highest BCUT2D eigenvalue weighted by Gasteiger charge is 2.37. The number of nitrogens with zero attached hydrogens (tertiary/aromatic N) is 2. The summed E-state index contributed by atoms with van der Waals surface area (Å²) in [4.78, 5) is 50.4. The van der Waals surface area contributed by atoms with Gasteiger partial charge in [-0.3, -0.25) is 24.3 Å². The van der Waals surface area contributed by atoms with E-state index < -0.39 is 17.8 Å². The number of aromatic nitrogens is 1. The molecule has 0 radical (unpaired) electrons. The minimum atomic E-state index is -0.842. The maximum absolute atomic E-state index is 13.0. The Morgan fingerprint density at radius 3 is 2.41 bits per heavy atom. The lowest BCUT2D eigenvalue weighted by molar-refractivity contribution is -0.122. The number of rotatable bonds is 2. The van der Waals surface area contributed by atoms with Gasteiger partial charge in [-0.25, -0.2) is 9.69 Å². The highest BCUT2D eigenvalue weighted by atomic mass is 35.5. The van der Waals surface area contributed by atoms with Crippen LogP contribution in [0.5, 0.6) is 0 Å². The second-order valence-corrected chi connectivity index (χ2v) is 6.86. The van der Waals surface area contributed by atoms with Gasteiger partial charge in [-0.15, -0.1) is 0 Å². The molecule has 4 amide bonds. The molecule has 8 heteroatoms. The van der Waals surface area contributed by atoms with Gasteiger partial charge in [0.05, 0.1) is 11.2 Å². The molecule has 1 aliphatic heterocycles. The Bertz CT molecular complexity index is 1220. The van der Waals surface area contributed by atoms with Gasteiger partial charge in [-0.05, 0) is 36.4 Å². The number of nitrogens with one attached hydrogen (secondary N) is 1. The summed E-state index contributed by atoms with van der Waals surface area (Å²) in [6, 6.07) is 12.4. The van der Waals surface area contributed by atoms with E-state index in [4.69, 9.17) is 11.6 Å². The number of para-hydroxylation sites is 1. The number of benzene rings is 2. The van der Waals surface area contributed by atoms with Crippen LogP contribution in [0, 0.1) is 0 Å². The Kier molecular flexibility index (Phi) is 4.52. The number of hydrogen-bond donors (Lipinski definition) is 1. The van der Waals surface area contributed by atoms with Crippen molar-refractivity contribution >= 4 is 58.0 Å². The van der Waals surface area contributed by atoms with E-state index in [0.717, 1.165) is 4.90 Å². The summed E-state index contributed by atoms with van der Waals surface area (Å²) < 4.78 is 1.44. The van der Waals surface area contributed by atoms with Gasteiger partial charge in [0, 0.05) is 29.1 Å². The third kappa shape index (κ3) is 3.21. The Hall–Kier alpha value is -3.71. The third-order valence-corrected chi connectivity index (χ3v) is 4.82. The molecule has 0 bridgehead atoms. The van der Waals surface area contributed by atoms with Gasteiger partial charge in [-0.2, -0.15) is 0 Å². The number of barbiturate groups is 1. The molecule has 1 N–H and O–H groups in total. The Morgan fingerprint density at radius 1 is 1.03 bits per heavy atom. The second-order valence-electron chi connectivity index (χ2n) is 6.42. The molecular formula is C21H14ClN3O4. The SMILES string of the molecule is CC(=O)n1cc(C=C2C(=O)NC(=O)N(c3ccc(Cl)cc3)C2=O)c2ccccc21. The molecule has 1 aromatic heterocycles. The molecule has 1 fully saturated rings. The van der Waals surface area contributed by atoms with Crippen LogP contribution in [-0.2, 0) is 9.59 Å². The van der Waals surface area contributed by atoms with E-state index >= 15 is 0 Å². The number of amides is 4. The maximum atomic E-state index is 13.0. The van der Waals surface area contributed by atoms with Crippen LogP contribution in [0.15, 0.2) is 60.3 Å². The van der Waals surface area contributed by atoms with Gasteiger partial charge >= 0.3 is 6.03 Å². The number of imide groups is 2. The molecule has 0 saturated carbocycles. The molecule has 29 heavy (non-hydrogen) atoms. The summed E-state index contributed by atoms with van der Waals surface area (Å²) in [5.74, 6) is -1.77. The quantitative estimate of drug-likeness (QED) is 0.519. The number of urea groups is 1. The minimum Gasteiger partial charge on any atom is -0.287 e. The zero-order chi connectivity index (χ0) is 20.7. The highest BCUT2D eigenvalue weighted by Crippen LogP contribution is 2.27. The number of anilines is 1. The van der Waals surface area contributed by atoms with Gasteiger partial charge in [0.15, 0.2) is 0 Å². The number of carbonyl (C=O) groups excluding carboxylic acids is 4. The molecule has 0 aliphatic carbocycles. The van der Waals surface area contributed by atoms with Gasteiger partial charge in [-0.1, -0.05) is 29.8 Å². The summed E-state index contributed by atoms with van der Waals surface area (Å²) in [6.45, 7) is 1.42. The van der Waals surface area contributed by atoms with Crippen LogP contribution in [0.2, 0.25) is 5.02 Å². The van der Waals surface area contributed by atoms with Crippen molar-refractivity contribution in [3.63, 3.8) is 0 Å². The lowest BCUT2D eigenvalue weighted by Gasteiger charge is -2.26. The van der Waals surface area contributed by atoms with Crippen LogP contribution in [0.1, 0.15) is 17.3 Å². The first-order valence-electron chi connectivity index (χ1n) is 8.65. The summed E-state index contributed by atoms with van der Waals surface area (Å²) in [7, 11) is 0. The summed E-state index contributed by atoms with van der Waals surface area (Å²) in [6.07, 6.45) is 2.94. The van der Waals surface area contributed by atoms with Crippen molar-refractivity contribution in [3.8, 4) is 0 Å². The molecule has 2 heterocycles. The van der Waals surface area contributed by atoms with E-state index in [2.05, 4.69) is 5.32 Å². The lowest BCUT2D eigenvalue weighted by Crippen LogP contribution is -2.54. The predicted molar refractivity (Wildman–Crippen MR) is 109 cm³/mol. The average molecular weight is 408 g/mol. The molecule has 1 saturated heterocycles. The predicted octanol–water partition coefficient (Wildman–Crippen LogP) is 3.62. The van der Waals surface area contributed by atoms with Crippen LogP contribution in [0.3, 0.4) is 0 Å². The van der Waals surface area contributed by atoms with E-state index in [1.165, 1.54) is 41.8 Å². The van der Waals surface area contributed by atoms with Gasteiger partial charge in [0.1, 0.15) is 5.57 Å². The first kappa shape index (κ1) is 18.6. The Labute approximate surface area is 170 Å². The van der Waals surface area contributed by atoms with Crippen molar-refractivity contribution in [1.29, 1.82) is 0 Å². The Balaban J connectivity index is 1.83. The molecule has 3 aromatic rings. The molecule has 144 valence electrons. The second kappa shape index (κ2) is 7.03. The smallest absolute Gasteiger partial charge is 0.287 e. The summed E-state index contributed by atoms with van der Waals surface area (Å²) >= 11 is 5.87. The summed E-state index contributed by atoms with van der Waals surface area (Å²) in [5.41, 5.74) is 1.23.